The van der Waals surface area contributed by atoms with Crippen molar-refractivity contribution in [2.75, 3.05) is 11.9 Å². The Hall–Kier alpha value is -1.39. The second-order valence-electron chi connectivity index (χ2n) is 5.97. The second-order valence-corrected chi connectivity index (χ2v) is 5.97. The Morgan fingerprint density at radius 1 is 1.45 bits per heavy atom. The highest BCUT2D eigenvalue weighted by Gasteiger charge is 2.44. The zero-order chi connectivity index (χ0) is 14.0. The van der Waals surface area contributed by atoms with Gasteiger partial charge in [-0.2, -0.15) is 0 Å². The number of hydrogen-bond acceptors (Lipinski definition) is 3. The van der Waals surface area contributed by atoms with Crippen molar-refractivity contribution in [1.82, 2.24) is 0 Å². The van der Waals surface area contributed by atoms with Gasteiger partial charge in [0, 0.05) is 24.8 Å². The first-order chi connectivity index (χ1) is 9.71. The van der Waals surface area contributed by atoms with Crippen molar-refractivity contribution in [1.29, 1.82) is 0 Å². The van der Waals surface area contributed by atoms with Crippen LogP contribution in [0.5, 0.6) is 0 Å². The van der Waals surface area contributed by atoms with Crippen LogP contribution in [0.2, 0.25) is 0 Å². The van der Waals surface area contributed by atoms with Gasteiger partial charge in [0.25, 0.3) is 0 Å². The Bertz CT molecular complexity index is 497. The van der Waals surface area contributed by atoms with E-state index in [0.717, 1.165) is 36.9 Å². The first kappa shape index (κ1) is 13.6. The molecule has 108 valence electrons. The first-order valence-electron chi connectivity index (χ1n) is 7.45. The van der Waals surface area contributed by atoms with E-state index in [1.165, 1.54) is 6.42 Å². The van der Waals surface area contributed by atoms with E-state index in [1.54, 1.807) is 0 Å². The fourth-order valence-corrected chi connectivity index (χ4v) is 3.19. The second kappa shape index (κ2) is 5.54. The molecule has 1 saturated heterocycles. The lowest BCUT2D eigenvalue weighted by molar-refractivity contribution is -0.153. The first-order valence-corrected chi connectivity index (χ1v) is 7.45. The Morgan fingerprint density at radius 2 is 2.30 bits per heavy atom. The molecule has 1 aromatic rings. The molecular weight excluding hydrogens is 252 g/mol. The van der Waals surface area contributed by atoms with Gasteiger partial charge in [0.2, 0.25) is 5.91 Å². The summed E-state index contributed by atoms with van der Waals surface area (Å²) >= 11 is 0. The van der Waals surface area contributed by atoms with Gasteiger partial charge >= 0.3 is 0 Å². The van der Waals surface area contributed by atoms with Crippen LogP contribution < -0.4 is 11.1 Å². The van der Waals surface area contributed by atoms with Crippen molar-refractivity contribution in [3.8, 4) is 0 Å². The number of anilines is 1. The molecule has 1 heterocycles. The minimum atomic E-state index is 0.0133. The summed E-state index contributed by atoms with van der Waals surface area (Å²) in [5.74, 6) is 0.194. The zero-order valence-corrected chi connectivity index (χ0v) is 11.7. The highest BCUT2D eigenvalue weighted by molar-refractivity contribution is 5.92. The smallest absolute Gasteiger partial charge is 0.227 e. The normalized spacial score (nSPS) is 24.1. The summed E-state index contributed by atoms with van der Waals surface area (Å²) in [4.78, 5) is 12.4. The monoisotopic (exact) mass is 274 g/mol. The predicted molar refractivity (Wildman–Crippen MR) is 78.2 cm³/mol. The SMILES string of the molecule is NCc1cccc(NC(=O)[C@H]2CCOC3(CCC3)C2)c1. The van der Waals surface area contributed by atoms with Gasteiger partial charge in [-0.15, -0.1) is 0 Å². The van der Waals surface area contributed by atoms with Crippen LogP contribution in [0.3, 0.4) is 0 Å². The van der Waals surface area contributed by atoms with Crippen molar-refractivity contribution in [3.63, 3.8) is 0 Å². The Kier molecular flexibility index (Phi) is 3.76. The maximum Gasteiger partial charge on any atom is 0.227 e. The third kappa shape index (κ3) is 2.72. The lowest BCUT2D eigenvalue weighted by Crippen LogP contribution is -2.47. The summed E-state index contributed by atoms with van der Waals surface area (Å²) in [6.07, 6.45) is 5.14. The summed E-state index contributed by atoms with van der Waals surface area (Å²) in [6, 6.07) is 7.74. The van der Waals surface area contributed by atoms with Crippen LogP contribution in [0, 0.1) is 5.92 Å². The molecule has 3 rings (SSSR count). The highest BCUT2D eigenvalue weighted by atomic mass is 16.5. The van der Waals surface area contributed by atoms with E-state index < -0.39 is 0 Å². The molecular formula is C16H22N2O2. The maximum atomic E-state index is 12.4. The number of nitrogens with two attached hydrogens (primary N) is 1. The lowest BCUT2D eigenvalue weighted by atomic mass is 9.72. The Morgan fingerprint density at radius 3 is 3.00 bits per heavy atom. The molecule has 4 nitrogen and oxygen atoms in total. The number of rotatable bonds is 3. The molecule has 0 aromatic heterocycles. The average Bonchev–Trinajstić information content (AvgIpc) is 2.46. The summed E-state index contributed by atoms with van der Waals surface area (Å²) in [7, 11) is 0. The summed E-state index contributed by atoms with van der Waals surface area (Å²) in [5.41, 5.74) is 7.51. The van der Waals surface area contributed by atoms with Gasteiger partial charge in [-0.05, 0) is 49.8 Å². The number of amides is 1. The minimum Gasteiger partial charge on any atom is -0.375 e. The van der Waals surface area contributed by atoms with E-state index in [0.29, 0.717) is 13.2 Å². The standard InChI is InChI=1S/C16H22N2O2/c17-11-12-3-1-4-14(9-12)18-15(19)13-5-8-20-16(10-13)6-2-7-16/h1,3-4,9,13H,2,5-8,10-11,17H2,(H,18,19)/t13-/m0/s1. The molecule has 1 saturated carbocycles. The number of carbonyl (C=O) groups excluding carboxylic acids is 1. The molecule has 1 atom stereocenters. The fraction of sp³-hybridized carbons (Fsp3) is 0.562. The van der Waals surface area contributed by atoms with Crippen LogP contribution in [0.15, 0.2) is 24.3 Å². The molecule has 1 aliphatic carbocycles. The molecule has 3 N–H and O–H groups in total. The number of ether oxygens (including phenoxy) is 1. The van der Waals surface area contributed by atoms with Crippen molar-refractivity contribution < 1.29 is 9.53 Å². The molecule has 2 fully saturated rings. The van der Waals surface area contributed by atoms with E-state index in [-0.39, 0.29) is 17.4 Å². The number of benzene rings is 1. The third-order valence-corrected chi connectivity index (χ3v) is 4.56. The van der Waals surface area contributed by atoms with Crippen LogP contribution in [-0.4, -0.2) is 18.1 Å². The molecule has 0 unspecified atom stereocenters. The zero-order valence-electron chi connectivity index (χ0n) is 11.7. The molecule has 2 aliphatic rings. The molecule has 1 amide bonds. The van der Waals surface area contributed by atoms with Crippen molar-refractivity contribution in [2.24, 2.45) is 11.7 Å². The predicted octanol–water partition coefficient (Wildman–Crippen LogP) is 2.43. The van der Waals surface area contributed by atoms with Crippen LogP contribution in [0.1, 0.15) is 37.7 Å². The van der Waals surface area contributed by atoms with Crippen LogP contribution in [0.25, 0.3) is 0 Å². The van der Waals surface area contributed by atoms with Crippen LogP contribution in [-0.2, 0) is 16.1 Å². The molecule has 1 spiro atoms. The molecule has 1 aliphatic heterocycles. The summed E-state index contributed by atoms with van der Waals surface area (Å²) in [5, 5.41) is 3.02. The van der Waals surface area contributed by atoms with Crippen LogP contribution >= 0.6 is 0 Å². The van der Waals surface area contributed by atoms with Gasteiger partial charge in [0.1, 0.15) is 0 Å². The van der Waals surface area contributed by atoms with Crippen molar-refractivity contribution >= 4 is 11.6 Å². The van der Waals surface area contributed by atoms with E-state index in [4.69, 9.17) is 10.5 Å². The molecule has 4 heteroatoms. The maximum absolute atomic E-state index is 12.4. The third-order valence-electron chi connectivity index (χ3n) is 4.56. The number of carbonyl (C=O) groups is 1. The van der Waals surface area contributed by atoms with Gasteiger partial charge < -0.3 is 15.8 Å². The van der Waals surface area contributed by atoms with E-state index in [1.807, 2.05) is 24.3 Å². The van der Waals surface area contributed by atoms with Crippen molar-refractivity contribution in [3.05, 3.63) is 29.8 Å². The lowest BCUT2D eigenvalue weighted by Gasteiger charge is -2.46. The number of hydrogen-bond donors (Lipinski definition) is 2. The summed E-state index contributed by atoms with van der Waals surface area (Å²) in [6.45, 7) is 1.20. The van der Waals surface area contributed by atoms with Crippen molar-refractivity contribution in [2.45, 2.75) is 44.2 Å². The van der Waals surface area contributed by atoms with Gasteiger partial charge in [-0.1, -0.05) is 12.1 Å². The van der Waals surface area contributed by atoms with Gasteiger partial charge in [-0.3, -0.25) is 4.79 Å². The summed E-state index contributed by atoms with van der Waals surface area (Å²) < 4.78 is 5.87. The van der Waals surface area contributed by atoms with Gasteiger partial charge in [0.15, 0.2) is 0 Å². The number of nitrogens with one attached hydrogen (secondary N) is 1. The van der Waals surface area contributed by atoms with Crippen LogP contribution in [0.4, 0.5) is 5.69 Å². The quantitative estimate of drug-likeness (QED) is 0.889. The topological polar surface area (TPSA) is 64.3 Å². The average molecular weight is 274 g/mol. The molecule has 0 bridgehead atoms. The van der Waals surface area contributed by atoms with E-state index >= 15 is 0 Å². The van der Waals surface area contributed by atoms with Gasteiger partial charge in [-0.25, -0.2) is 0 Å². The fourth-order valence-electron chi connectivity index (χ4n) is 3.19. The molecule has 0 radical (unpaired) electrons. The largest absolute Gasteiger partial charge is 0.375 e. The highest BCUT2D eigenvalue weighted by Crippen LogP contribution is 2.44. The van der Waals surface area contributed by atoms with E-state index in [9.17, 15) is 4.79 Å². The minimum absolute atomic E-state index is 0.0133. The molecule has 1 aromatic carbocycles. The molecule has 20 heavy (non-hydrogen) atoms. The van der Waals surface area contributed by atoms with E-state index in [2.05, 4.69) is 5.32 Å². The Balaban J connectivity index is 1.63. The van der Waals surface area contributed by atoms with Gasteiger partial charge in [0.05, 0.1) is 5.60 Å². The Labute approximate surface area is 119 Å².